The second-order valence-corrected chi connectivity index (χ2v) is 4.49. The molecule has 98 valence electrons. The second kappa shape index (κ2) is 5.31. The molecule has 0 aliphatic heterocycles. The summed E-state index contributed by atoms with van der Waals surface area (Å²) in [5, 5.41) is 2.32. The molecule has 0 unspecified atom stereocenters. The Labute approximate surface area is 115 Å². The van der Waals surface area contributed by atoms with Gasteiger partial charge in [0.1, 0.15) is 11.6 Å². The Morgan fingerprint density at radius 2 is 2.11 bits per heavy atom. The molecule has 0 aliphatic carbocycles. The van der Waals surface area contributed by atoms with E-state index in [-0.39, 0.29) is 21.5 Å². The number of hydrogen-bond donors (Lipinski definition) is 2. The highest BCUT2D eigenvalue weighted by Crippen LogP contribution is 2.27. The van der Waals surface area contributed by atoms with Gasteiger partial charge in [-0.3, -0.25) is 4.79 Å². The van der Waals surface area contributed by atoms with E-state index >= 15 is 0 Å². The summed E-state index contributed by atoms with van der Waals surface area (Å²) in [7, 11) is 0. The summed E-state index contributed by atoms with van der Waals surface area (Å²) < 4.78 is 26.6. The zero-order valence-electron chi connectivity index (χ0n) is 9.45. The number of rotatable bonds is 2. The summed E-state index contributed by atoms with van der Waals surface area (Å²) in [6.07, 6.45) is 1.43. The number of nitrogens with zero attached hydrogens (tertiary/aromatic N) is 1. The van der Waals surface area contributed by atoms with Gasteiger partial charge in [0, 0.05) is 16.7 Å². The van der Waals surface area contributed by atoms with Crippen LogP contribution < -0.4 is 11.1 Å². The Kier molecular flexibility index (Phi) is 3.75. The number of carbonyl (C=O) groups excluding carboxylic acids is 1. The third-order valence-corrected chi connectivity index (χ3v) is 2.95. The average Bonchev–Trinajstić information content (AvgIpc) is 2.34. The molecular formula is C12H8BrF2N3O. The molecule has 1 aromatic carbocycles. The molecule has 1 amide bonds. The standard InChI is InChI=1S/C12H8BrF2N3O/c13-8-4-6(14)5-9(15)10(8)18-12(19)7-2-1-3-17-11(7)16/h1-5H,(H2,16,17)(H,18,19). The van der Waals surface area contributed by atoms with Crippen molar-refractivity contribution >= 4 is 33.3 Å². The first-order valence-corrected chi connectivity index (χ1v) is 5.94. The van der Waals surface area contributed by atoms with Crippen LogP contribution in [0.15, 0.2) is 34.9 Å². The van der Waals surface area contributed by atoms with E-state index in [0.717, 1.165) is 6.07 Å². The lowest BCUT2D eigenvalue weighted by Crippen LogP contribution is -2.16. The van der Waals surface area contributed by atoms with Gasteiger partial charge in [0.15, 0.2) is 5.82 Å². The maximum Gasteiger partial charge on any atom is 0.259 e. The van der Waals surface area contributed by atoms with E-state index in [1.807, 2.05) is 0 Å². The van der Waals surface area contributed by atoms with Crippen LogP contribution in [0.5, 0.6) is 0 Å². The lowest BCUT2D eigenvalue weighted by atomic mass is 10.2. The minimum absolute atomic E-state index is 0.0265. The summed E-state index contributed by atoms with van der Waals surface area (Å²) >= 11 is 2.98. The van der Waals surface area contributed by atoms with Crippen LogP contribution in [0.4, 0.5) is 20.3 Å². The van der Waals surface area contributed by atoms with Crippen LogP contribution in [-0.4, -0.2) is 10.9 Å². The van der Waals surface area contributed by atoms with Gasteiger partial charge in [-0.2, -0.15) is 0 Å². The summed E-state index contributed by atoms with van der Waals surface area (Å²) in [4.78, 5) is 15.7. The molecular weight excluding hydrogens is 320 g/mol. The Morgan fingerprint density at radius 1 is 1.37 bits per heavy atom. The number of aromatic nitrogens is 1. The SMILES string of the molecule is Nc1ncccc1C(=O)Nc1c(F)cc(F)cc1Br. The third kappa shape index (κ3) is 2.87. The highest BCUT2D eigenvalue weighted by atomic mass is 79.9. The van der Waals surface area contributed by atoms with E-state index < -0.39 is 17.5 Å². The lowest BCUT2D eigenvalue weighted by molar-refractivity contribution is 0.102. The van der Waals surface area contributed by atoms with E-state index in [0.29, 0.717) is 6.07 Å². The van der Waals surface area contributed by atoms with Gasteiger partial charge >= 0.3 is 0 Å². The van der Waals surface area contributed by atoms with Crippen LogP contribution >= 0.6 is 15.9 Å². The van der Waals surface area contributed by atoms with Gasteiger partial charge in [-0.15, -0.1) is 0 Å². The molecule has 0 saturated carbocycles. The maximum atomic E-state index is 13.6. The Bertz CT molecular complexity index is 626. The van der Waals surface area contributed by atoms with E-state index in [1.165, 1.54) is 18.3 Å². The van der Waals surface area contributed by atoms with E-state index in [2.05, 4.69) is 26.2 Å². The number of amides is 1. The quantitative estimate of drug-likeness (QED) is 0.891. The molecule has 0 spiro atoms. The number of nitrogens with one attached hydrogen (secondary N) is 1. The molecule has 0 atom stereocenters. The highest BCUT2D eigenvalue weighted by molar-refractivity contribution is 9.10. The van der Waals surface area contributed by atoms with Crippen molar-refractivity contribution in [1.82, 2.24) is 4.98 Å². The molecule has 0 radical (unpaired) electrons. The number of nitrogen functional groups attached to an aromatic ring is 1. The molecule has 0 aliphatic rings. The van der Waals surface area contributed by atoms with E-state index in [4.69, 9.17) is 5.73 Å². The fraction of sp³-hybridized carbons (Fsp3) is 0. The van der Waals surface area contributed by atoms with Crippen LogP contribution in [0.3, 0.4) is 0 Å². The molecule has 3 N–H and O–H groups in total. The number of nitrogens with two attached hydrogens (primary N) is 1. The maximum absolute atomic E-state index is 13.6. The highest BCUT2D eigenvalue weighted by Gasteiger charge is 2.15. The molecule has 0 saturated heterocycles. The number of carbonyl (C=O) groups is 1. The van der Waals surface area contributed by atoms with Crippen LogP contribution in [0, 0.1) is 11.6 Å². The van der Waals surface area contributed by atoms with Crippen molar-refractivity contribution in [2.75, 3.05) is 11.1 Å². The Balaban J connectivity index is 2.32. The van der Waals surface area contributed by atoms with Crippen molar-refractivity contribution < 1.29 is 13.6 Å². The lowest BCUT2D eigenvalue weighted by Gasteiger charge is -2.09. The van der Waals surface area contributed by atoms with Crippen LogP contribution in [-0.2, 0) is 0 Å². The topological polar surface area (TPSA) is 68.0 Å². The van der Waals surface area contributed by atoms with Gasteiger partial charge in [0.05, 0.1) is 11.3 Å². The second-order valence-electron chi connectivity index (χ2n) is 3.63. The van der Waals surface area contributed by atoms with Gasteiger partial charge in [-0.1, -0.05) is 0 Å². The summed E-state index contributed by atoms with van der Waals surface area (Å²) in [6, 6.07) is 4.70. The number of pyridine rings is 1. The Hall–Kier alpha value is -2.02. The molecule has 19 heavy (non-hydrogen) atoms. The molecule has 2 aromatic rings. The van der Waals surface area contributed by atoms with Crippen LogP contribution in [0.1, 0.15) is 10.4 Å². The van der Waals surface area contributed by atoms with E-state index in [1.54, 1.807) is 0 Å². The summed E-state index contributed by atoms with van der Waals surface area (Å²) in [5.74, 6) is -2.23. The zero-order valence-corrected chi connectivity index (χ0v) is 11.0. The first-order valence-electron chi connectivity index (χ1n) is 5.15. The number of hydrogen-bond acceptors (Lipinski definition) is 3. The Morgan fingerprint density at radius 3 is 2.74 bits per heavy atom. The van der Waals surface area contributed by atoms with Crippen molar-refractivity contribution in [3.8, 4) is 0 Å². The van der Waals surface area contributed by atoms with Crippen molar-refractivity contribution in [2.24, 2.45) is 0 Å². The fourth-order valence-electron chi connectivity index (χ4n) is 1.45. The molecule has 7 heteroatoms. The fourth-order valence-corrected chi connectivity index (χ4v) is 1.96. The summed E-state index contributed by atoms with van der Waals surface area (Å²) in [5.41, 5.74) is 5.49. The van der Waals surface area contributed by atoms with Gasteiger partial charge in [-0.25, -0.2) is 13.8 Å². The molecule has 0 bridgehead atoms. The van der Waals surface area contributed by atoms with Gasteiger partial charge < -0.3 is 11.1 Å². The largest absolute Gasteiger partial charge is 0.383 e. The minimum Gasteiger partial charge on any atom is -0.383 e. The van der Waals surface area contributed by atoms with Crippen molar-refractivity contribution in [3.63, 3.8) is 0 Å². The zero-order chi connectivity index (χ0) is 14.0. The van der Waals surface area contributed by atoms with Crippen molar-refractivity contribution in [1.29, 1.82) is 0 Å². The molecule has 0 fully saturated rings. The van der Waals surface area contributed by atoms with Gasteiger partial charge in [-0.05, 0) is 34.1 Å². The van der Waals surface area contributed by atoms with Crippen molar-refractivity contribution in [3.05, 3.63) is 52.1 Å². The third-order valence-electron chi connectivity index (χ3n) is 2.33. The number of halogens is 3. The first-order chi connectivity index (χ1) is 8.99. The van der Waals surface area contributed by atoms with E-state index in [9.17, 15) is 13.6 Å². The first kappa shape index (κ1) is 13.4. The van der Waals surface area contributed by atoms with Gasteiger partial charge in [0.25, 0.3) is 5.91 Å². The van der Waals surface area contributed by atoms with Crippen LogP contribution in [0.2, 0.25) is 0 Å². The molecule has 2 rings (SSSR count). The molecule has 1 aromatic heterocycles. The monoisotopic (exact) mass is 327 g/mol. The predicted octanol–water partition coefficient (Wildman–Crippen LogP) is 2.96. The number of benzene rings is 1. The smallest absolute Gasteiger partial charge is 0.259 e. The van der Waals surface area contributed by atoms with Crippen molar-refractivity contribution in [2.45, 2.75) is 0 Å². The minimum atomic E-state index is -0.886. The number of anilines is 2. The average molecular weight is 328 g/mol. The van der Waals surface area contributed by atoms with Crippen LogP contribution in [0.25, 0.3) is 0 Å². The molecule has 4 nitrogen and oxygen atoms in total. The summed E-state index contributed by atoms with van der Waals surface area (Å²) in [6.45, 7) is 0. The molecule has 1 heterocycles. The normalized spacial score (nSPS) is 10.3. The predicted molar refractivity (Wildman–Crippen MR) is 70.7 cm³/mol. The van der Waals surface area contributed by atoms with Gasteiger partial charge in [0.2, 0.25) is 0 Å².